The summed E-state index contributed by atoms with van der Waals surface area (Å²) >= 11 is 0. The molecular formula is C18H24N6O. The van der Waals surface area contributed by atoms with Gasteiger partial charge in [0, 0.05) is 36.6 Å². The molecule has 25 heavy (non-hydrogen) atoms. The van der Waals surface area contributed by atoms with E-state index in [0.29, 0.717) is 17.5 Å². The second-order valence-corrected chi connectivity index (χ2v) is 6.67. The van der Waals surface area contributed by atoms with Crippen molar-refractivity contribution >= 4 is 17.5 Å². The molecule has 1 amide bonds. The predicted octanol–water partition coefficient (Wildman–Crippen LogP) is 3.03. The summed E-state index contributed by atoms with van der Waals surface area (Å²) < 4.78 is 0. The zero-order valence-corrected chi connectivity index (χ0v) is 14.9. The van der Waals surface area contributed by atoms with Crippen LogP contribution >= 0.6 is 0 Å². The molecule has 1 N–H and O–H groups in total. The molecule has 0 saturated carbocycles. The maximum absolute atomic E-state index is 12.6. The van der Waals surface area contributed by atoms with Gasteiger partial charge in [-0.2, -0.15) is 0 Å². The van der Waals surface area contributed by atoms with E-state index in [9.17, 15) is 4.79 Å². The number of hydrogen-bond donors (Lipinski definition) is 1. The maximum Gasteiger partial charge on any atom is 0.225 e. The molecule has 0 bridgehead atoms. The molecule has 0 radical (unpaired) electrons. The number of hydrogen-bond acceptors (Lipinski definition) is 6. The number of aromatic nitrogens is 4. The number of aryl methyl sites for hydroxylation is 1. The number of likely N-dealkylation sites (tertiary alicyclic amines) is 1. The van der Waals surface area contributed by atoms with Crippen LogP contribution in [-0.4, -0.2) is 37.3 Å². The van der Waals surface area contributed by atoms with Crippen molar-refractivity contribution in [3.05, 3.63) is 36.2 Å². The molecule has 1 saturated heterocycles. The van der Waals surface area contributed by atoms with E-state index in [1.165, 1.54) is 0 Å². The van der Waals surface area contributed by atoms with Crippen LogP contribution in [0.1, 0.15) is 50.7 Å². The number of piperidine rings is 1. The average Bonchev–Trinajstić information content (AvgIpc) is 2.61. The first-order valence-corrected chi connectivity index (χ1v) is 8.73. The lowest BCUT2D eigenvalue weighted by Crippen LogP contribution is -2.41. The van der Waals surface area contributed by atoms with Crippen LogP contribution in [0.5, 0.6) is 0 Å². The molecule has 0 aliphatic carbocycles. The molecule has 2 aromatic heterocycles. The van der Waals surface area contributed by atoms with Crippen LogP contribution < -0.4 is 5.32 Å². The Bertz CT molecular complexity index is 734. The van der Waals surface area contributed by atoms with Gasteiger partial charge in [-0.1, -0.05) is 13.8 Å². The number of nitrogens with one attached hydrogen (secondary N) is 1. The van der Waals surface area contributed by atoms with Gasteiger partial charge in [-0.05, 0) is 26.2 Å². The van der Waals surface area contributed by atoms with Gasteiger partial charge in [0.25, 0.3) is 0 Å². The third-order valence-corrected chi connectivity index (χ3v) is 4.27. The van der Waals surface area contributed by atoms with Gasteiger partial charge in [0.15, 0.2) is 5.82 Å². The van der Waals surface area contributed by atoms with Crippen molar-refractivity contribution in [2.45, 2.75) is 46.1 Å². The average molecular weight is 340 g/mol. The molecule has 0 spiro atoms. The van der Waals surface area contributed by atoms with Crippen molar-refractivity contribution in [2.24, 2.45) is 5.92 Å². The lowest BCUT2D eigenvalue weighted by molar-refractivity contribution is -0.138. The topological polar surface area (TPSA) is 83.9 Å². The summed E-state index contributed by atoms with van der Waals surface area (Å²) in [5.74, 6) is 2.14. The van der Waals surface area contributed by atoms with Crippen molar-refractivity contribution in [1.29, 1.82) is 0 Å². The molecule has 1 atom stereocenters. The van der Waals surface area contributed by atoms with Gasteiger partial charge in [-0.25, -0.2) is 15.0 Å². The normalized spacial score (nSPS) is 17.6. The lowest BCUT2D eigenvalue weighted by Gasteiger charge is -2.36. The zero-order chi connectivity index (χ0) is 17.8. The summed E-state index contributed by atoms with van der Waals surface area (Å²) in [6.07, 6.45) is 7.90. The molecule has 0 aromatic carbocycles. The third-order valence-electron chi connectivity index (χ3n) is 4.27. The fraction of sp³-hybridized carbons (Fsp3) is 0.500. The summed E-state index contributed by atoms with van der Waals surface area (Å²) in [7, 11) is 0. The van der Waals surface area contributed by atoms with Crippen molar-refractivity contribution in [1.82, 2.24) is 24.8 Å². The first-order chi connectivity index (χ1) is 12.0. The quantitative estimate of drug-likeness (QED) is 0.921. The summed E-state index contributed by atoms with van der Waals surface area (Å²) in [4.78, 5) is 32.1. The van der Waals surface area contributed by atoms with Crippen molar-refractivity contribution in [3.63, 3.8) is 0 Å². The molecule has 0 unspecified atom stereocenters. The monoisotopic (exact) mass is 340 g/mol. The Labute approximate surface area is 147 Å². The minimum Gasteiger partial charge on any atom is -0.332 e. The minimum absolute atomic E-state index is 0.0254. The van der Waals surface area contributed by atoms with Crippen LogP contribution in [0.15, 0.2) is 24.7 Å². The lowest BCUT2D eigenvalue weighted by atomic mass is 9.99. The minimum atomic E-state index is -0.0639. The Balaban J connectivity index is 1.88. The zero-order valence-electron chi connectivity index (χ0n) is 14.9. The Kier molecular flexibility index (Phi) is 5.21. The molecule has 7 nitrogen and oxygen atoms in total. The van der Waals surface area contributed by atoms with Gasteiger partial charge in [0.1, 0.15) is 11.6 Å². The van der Waals surface area contributed by atoms with Crippen molar-refractivity contribution in [3.8, 4) is 0 Å². The summed E-state index contributed by atoms with van der Waals surface area (Å²) in [6, 6.07) is 1.81. The highest BCUT2D eigenvalue weighted by atomic mass is 16.2. The van der Waals surface area contributed by atoms with Crippen LogP contribution in [0.3, 0.4) is 0 Å². The van der Waals surface area contributed by atoms with E-state index in [4.69, 9.17) is 0 Å². The Hall–Kier alpha value is -2.57. The highest BCUT2D eigenvalue weighted by Gasteiger charge is 2.31. The Morgan fingerprint density at radius 2 is 2.08 bits per heavy atom. The van der Waals surface area contributed by atoms with Gasteiger partial charge >= 0.3 is 0 Å². The number of anilines is 2. The standard InChI is InChI=1S/C18H24N6O/c1-12(2)18(25)24-9-5-4-6-14(24)17-21-13(3)10-15(23-17)22-16-11-19-7-8-20-16/h7-8,10-12,14H,4-6,9H2,1-3H3,(H,20,21,22,23)/t14-/m1/s1. The molecule has 7 heteroatoms. The number of rotatable bonds is 4. The largest absolute Gasteiger partial charge is 0.332 e. The molecule has 1 aliphatic rings. The van der Waals surface area contributed by atoms with Crippen LogP contribution in [0.4, 0.5) is 11.6 Å². The van der Waals surface area contributed by atoms with E-state index in [-0.39, 0.29) is 17.9 Å². The molecule has 132 valence electrons. The van der Waals surface area contributed by atoms with Gasteiger partial charge in [-0.3, -0.25) is 9.78 Å². The molecule has 3 heterocycles. The second-order valence-electron chi connectivity index (χ2n) is 6.67. The number of carbonyl (C=O) groups excluding carboxylic acids is 1. The number of amides is 1. The van der Waals surface area contributed by atoms with Crippen LogP contribution in [-0.2, 0) is 4.79 Å². The Morgan fingerprint density at radius 1 is 1.24 bits per heavy atom. The number of nitrogens with zero attached hydrogens (tertiary/aromatic N) is 5. The van der Waals surface area contributed by atoms with E-state index in [2.05, 4.69) is 25.3 Å². The highest BCUT2D eigenvalue weighted by molar-refractivity contribution is 5.78. The first-order valence-electron chi connectivity index (χ1n) is 8.73. The summed E-state index contributed by atoms with van der Waals surface area (Å²) in [5.41, 5.74) is 0.860. The fourth-order valence-electron chi connectivity index (χ4n) is 3.09. The van der Waals surface area contributed by atoms with E-state index >= 15 is 0 Å². The molecule has 2 aromatic rings. The van der Waals surface area contributed by atoms with Crippen LogP contribution in [0.25, 0.3) is 0 Å². The SMILES string of the molecule is Cc1cc(Nc2cnccn2)nc([C@H]2CCCCN2C(=O)C(C)C)n1. The highest BCUT2D eigenvalue weighted by Crippen LogP contribution is 2.31. The van der Waals surface area contributed by atoms with Gasteiger partial charge in [0.2, 0.25) is 5.91 Å². The van der Waals surface area contributed by atoms with Crippen LogP contribution in [0.2, 0.25) is 0 Å². The molecule has 1 fully saturated rings. The summed E-state index contributed by atoms with van der Waals surface area (Å²) in [5, 5.41) is 3.16. The smallest absolute Gasteiger partial charge is 0.225 e. The van der Waals surface area contributed by atoms with Gasteiger partial charge < -0.3 is 10.2 Å². The molecule has 3 rings (SSSR count). The second kappa shape index (κ2) is 7.55. The summed E-state index contributed by atoms with van der Waals surface area (Å²) in [6.45, 7) is 6.58. The third kappa shape index (κ3) is 4.10. The molecule has 1 aliphatic heterocycles. The van der Waals surface area contributed by atoms with Crippen molar-refractivity contribution in [2.75, 3.05) is 11.9 Å². The number of carbonyl (C=O) groups is 1. The first kappa shape index (κ1) is 17.3. The Morgan fingerprint density at radius 3 is 2.80 bits per heavy atom. The fourth-order valence-corrected chi connectivity index (χ4v) is 3.09. The molecular weight excluding hydrogens is 316 g/mol. The van der Waals surface area contributed by atoms with E-state index < -0.39 is 0 Å². The van der Waals surface area contributed by atoms with Gasteiger partial charge in [0.05, 0.1) is 12.2 Å². The van der Waals surface area contributed by atoms with Crippen LogP contribution in [0, 0.1) is 12.8 Å². The van der Waals surface area contributed by atoms with Crippen molar-refractivity contribution < 1.29 is 4.79 Å². The predicted molar refractivity (Wildman–Crippen MR) is 95.2 cm³/mol. The van der Waals surface area contributed by atoms with E-state index in [1.54, 1.807) is 18.6 Å². The maximum atomic E-state index is 12.6. The van der Waals surface area contributed by atoms with E-state index in [1.807, 2.05) is 31.7 Å². The van der Waals surface area contributed by atoms with E-state index in [0.717, 1.165) is 31.5 Å². The van der Waals surface area contributed by atoms with Gasteiger partial charge in [-0.15, -0.1) is 0 Å².